The van der Waals surface area contributed by atoms with Crippen LogP contribution in [0.4, 0.5) is 0 Å². The number of nitrogens with one attached hydrogen (secondary N) is 2. The number of halogens is 1. The summed E-state index contributed by atoms with van der Waals surface area (Å²) in [5.74, 6) is 1.46. The van der Waals surface area contributed by atoms with Crippen LogP contribution in [0.1, 0.15) is 31.4 Å². The number of nitrogens with zero attached hydrogens (tertiary/aromatic N) is 2. The molecule has 0 bridgehead atoms. The predicted octanol–water partition coefficient (Wildman–Crippen LogP) is 2.89. The third kappa shape index (κ3) is 7.04. The first-order chi connectivity index (χ1) is 12.2. The van der Waals surface area contributed by atoms with Crippen LogP contribution in [0.5, 0.6) is 0 Å². The molecule has 0 aromatic heterocycles. The number of hydrogen-bond acceptors (Lipinski definition) is 3. The van der Waals surface area contributed by atoms with Gasteiger partial charge in [0.05, 0.1) is 0 Å². The number of aliphatic imine (C=N–C) groups is 1. The molecule has 1 atom stereocenters. The smallest absolute Gasteiger partial charge is 0.191 e. The van der Waals surface area contributed by atoms with E-state index in [1.807, 2.05) is 7.05 Å². The lowest BCUT2D eigenvalue weighted by Gasteiger charge is -2.38. The van der Waals surface area contributed by atoms with Crippen molar-refractivity contribution in [2.24, 2.45) is 10.9 Å². The molecular formula is C20H35IN4O. The van der Waals surface area contributed by atoms with Crippen LogP contribution < -0.4 is 10.6 Å². The minimum atomic E-state index is 0. The first-order valence-electron chi connectivity index (χ1n) is 9.40. The maximum atomic E-state index is 5.09. The van der Waals surface area contributed by atoms with Crippen LogP contribution in [0, 0.1) is 5.92 Å². The van der Waals surface area contributed by atoms with Crippen LogP contribution in [0.3, 0.4) is 0 Å². The van der Waals surface area contributed by atoms with Crippen molar-refractivity contribution >= 4 is 29.9 Å². The molecule has 0 saturated carbocycles. The third-order valence-corrected chi connectivity index (χ3v) is 4.92. The highest BCUT2D eigenvalue weighted by Gasteiger charge is 2.25. The van der Waals surface area contributed by atoms with Gasteiger partial charge >= 0.3 is 0 Å². The van der Waals surface area contributed by atoms with Gasteiger partial charge in [-0.3, -0.25) is 9.89 Å². The van der Waals surface area contributed by atoms with E-state index in [-0.39, 0.29) is 24.0 Å². The molecular weight excluding hydrogens is 439 g/mol. The standard InChI is InChI=1S/C20H34N4O.HI/c1-16(2)19(14-23-20(21-3)22-11-7-13-25-4)24-12-10-17-8-5-6-9-18(17)15-24;/h5-6,8-9,16,19H,7,10-15H2,1-4H3,(H2,21,22,23);1H. The van der Waals surface area contributed by atoms with Crippen molar-refractivity contribution < 1.29 is 4.74 Å². The number of rotatable bonds is 8. The summed E-state index contributed by atoms with van der Waals surface area (Å²) < 4.78 is 5.09. The topological polar surface area (TPSA) is 48.9 Å². The fourth-order valence-corrected chi connectivity index (χ4v) is 3.43. The van der Waals surface area contributed by atoms with E-state index in [0.29, 0.717) is 12.0 Å². The fourth-order valence-electron chi connectivity index (χ4n) is 3.43. The Hall–Kier alpha value is -0.860. The van der Waals surface area contributed by atoms with Crippen molar-refractivity contribution in [1.82, 2.24) is 15.5 Å². The van der Waals surface area contributed by atoms with E-state index in [0.717, 1.165) is 51.6 Å². The van der Waals surface area contributed by atoms with E-state index in [1.54, 1.807) is 7.11 Å². The Labute approximate surface area is 176 Å². The van der Waals surface area contributed by atoms with Crippen LogP contribution in [0.15, 0.2) is 29.3 Å². The Balaban J connectivity index is 0.00000338. The van der Waals surface area contributed by atoms with Gasteiger partial charge in [-0.2, -0.15) is 0 Å². The number of methoxy groups -OCH3 is 1. The zero-order valence-electron chi connectivity index (χ0n) is 16.6. The van der Waals surface area contributed by atoms with Gasteiger partial charge in [0.25, 0.3) is 0 Å². The summed E-state index contributed by atoms with van der Waals surface area (Å²) in [4.78, 5) is 6.94. The molecule has 6 heteroatoms. The fraction of sp³-hybridized carbons (Fsp3) is 0.650. The van der Waals surface area contributed by atoms with Crippen molar-refractivity contribution in [2.75, 3.05) is 40.4 Å². The minimum Gasteiger partial charge on any atom is -0.385 e. The molecule has 26 heavy (non-hydrogen) atoms. The van der Waals surface area contributed by atoms with Crippen LogP contribution in [0.25, 0.3) is 0 Å². The van der Waals surface area contributed by atoms with Gasteiger partial charge in [-0.1, -0.05) is 38.1 Å². The first kappa shape index (κ1) is 23.2. The molecule has 0 aliphatic carbocycles. The van der Waals surface area contributed by atoms with E-state index < -0.39 is 0 Å². The van der Waals surface area contributed by atoms with Crippen molar-refractivity contribution in [3.05, 3.63) is 35.4 Å². The van der Waals surface area contributed by atoms with Crippen molar-refractivity contribution in [3.8, 4) is 0 Å². The SMILES string of the molecule is CN=C(NCCCOC)NCC(C(C)C)N1CCc2ccccc2C1.I. The summed E-state index contributed by atoms with van der Waals surface area (Å²) in [6.07, 6.45) is 2.12. The number of ether oxygens (including phenoxy) is 1. The second kappa shape index (κ2) is 12.5. The lowest BCUT2D eigenvalue weighted by Crippen LogP contribution is -2.50. The highest BCUT2D eigenvalue weighted by molar-refractivity contribution is 14.0. The zero-order valence-corrected chi connectivity index (χ0v) is 19.0. The Morgan fingerprint density at radius 1 is 1.23 bits per heavy atom. The van der Waals surface area contributed by atoms with Crippen LogP contribution in [-0.2, 0) is 17.7 Å². The van der Waals surface area contributed by atoms with Gasteiger partial charge in [-0.15, -0.1) is 24.0 Å². The molecule has 1 aromatic carbocycles. The minimum absolute atomic E-state index is 0. The van der Waals surface area contributed by atoms with E-state index in [9.17, 15) is 0 Å². The van der Waals surface area contributed by atoms with Crippen LogP contribution >= 0.6 is 24.0 Å². The van der Waals surface area contributed by atoms with E-state index in [1.165, 1.54) is 11.1 Å². The quantitative estimate of drug-likeness (QED) is 0.263. The second-order valence-corrected chi connectivity index (χ2v) is 7.03. The molecule has 2 rings (SSSR count). The van der Waals surface area contributed by atoms with Gasteiger partial charge in [0.2, 0.25) is 0 Å². The largest absolute Gasteiger partial charge is 0.385 e. The van der Waals surface area contributed by atoms with E-state index in [4.69, 9.17) is 4.74 Å². The zero-order chi connectivity index (χ0) is 18.1. The van der Waals surface area contributed by atoms with Gasteiger partial charge in [0, 0.05) is 53.0 Å². The highest BCUT2D eigenvalue weighted by Crippen LogP contribution is 2.22. The van der Waals surface area contributed by atoms with Gasteiger partial charge in [0.1, 0.15) is 0 Å². The van der Waals surface area contributed by atoms with Crippen molar-refractivity contribution in [3.63, 3.8) is 0 Å². The van der Waals surface area contributed by atoms with Crippen molar-refractivity contribution in [2.45, 2.75) is 39.3 Å². The molecule has 1 aliphatic heterocycles. The van der Waals surface area contributed by atoms with Gasteiger partial charge in [0.15, 0.2) is 5.96 Å². The summed E-state index contributed by atoms with van der Waals surface area (Å²) in [7, 11) is 3.56. The average molecular weight is 474 g/mol. The normalized spacial score (nSPS) is 16.0. The summed E-state index contributed by atoms with van der Waals surface area (Å²) in [6, 6.07) is 9.32. The number of hydrogen-bond donors (Lipinski definition) is 2. The first-order valence-corrected chi connectivity index (χ1v) is 9.40. The third-order valence-electron chi connectivity index (χ3n) is 4.92. The second-order valence-electron chi connectivity index (χ2n) is 7.03. The number of benzene rings is 1. The molecule has 2 N–H and O–H groups in total. The van der Waals surface area contributed by atoms with Crippen LogP contribution in [-0.4, -0.2) is 57.3 Å². The number of guanidine groups is 1. The maximum Gasteiger partial charge on any atom is 0.191 e. The lowest BCUT2D eigenvalue weighted by atomic mass is 9.95. The molecule has 5 nitrogen and oxygen atoms in total. The molecule has 0 fully saturated rings. The summed E-state index contributed by atoms with van der Waals surface area (Å²) in [5.41, 5.74) is 2.98. The molecule has 0 saturated heterocycles. The van der Waals surface area contributed by atoms with Gasteiger partial charge < -0.3 is 15.4 Å². The van der Waals surface area contributed by atoms with Crippen LogP contribution in [0.2, 0.25) is 0 Å². The Bertz CT molecular complexity index is 550. The Morgan fingerprint density at radius 3 is 2.62 bits per heavy atom. The molecule has 1 heterocycles. The molecule has 0 amide bonds. The summed E-state index contributed by atoms with van der Waals surface area (Å²) in [6.45, 7) is 9.33. The number of fused-ring (bicyclic) bond motifs is 1. The van der Waals surface area contributed by atoms with Crippen molar-refractivity contribution in [1.29, 1.82) is 0 Å². The molecule has 1 aliphatic rings. The van der Waals surface area contributed by atoms with E-state index >= 15 is 0 Å². The average Bonchev–Trinajstić information content (AvgIpc) is 2.63. The molecule has 0 spiro atoms. The predicted molar refractivity (Wildman–Crippen MR) is 120 cm³/mol. The molecule has 0 radical (unpaired) electrons. The maximum absolute atomic E-state index is 5.09. The summed E-state index contributed by atoms with van der Waals surface area (Å²) in [5, 5.41) is 6.86. The van der Waals surface area contributed by atoms with E-state index in [2.05, 4.69) is 58.6 Å². The lowest BCUT2D eigenvalue weighted by molar-refractivity contribution is 0.140. The monoisotopic (exact) mass is 474 g/mol. The Morgan fingerprint density at radius 2 is 1.96 bits per heavy atom. The van der Waals surface area contributed by atoms with Gasteiger partial charge in [-0.25, -0.2) is 0 Å². The van der Waals surface area contributed by atoms with Gasteiger partial charge in [-0.05, 0) is 29.9 Å². The summed E-state index contributed by atoms with van der Waals surface area (Å²) >= 11 is 0. The highest BCUT2D eigenvalue weighted by atomic mass is 127. The molecule has 148 valence electrons. The molecule has 1 unspecified atom stereocenters. The Kier molecular flexibility index (Phi) is 11.2. The molecule has 1 aromatic rings.